The predicted octanol–water partition coefficient (Wildman–Crippen LogP) is 3.45. The van der Waals surface area contributed by atoms with Gasteiger partial charge in [-0.15, -0.1) is 0 Å². The average Bonchev–Trinajstić information content (AvgIpc) is 3.61. The van der Waals surface area contributed by atoms with E-state index < -0.39 is 143 Å². The van der Waals surface area contributed by atoms with Crippen molar-refractivity contribution in [3.05, 3.63) is 83.6 Å². The summed E-state index contributed by atoms with van der Waals surface area (Å²) in [5.41, 5.74) is -0.364. The number of nitrogens with zero attached hydrogens (tertiary/aromatic N) is 2. The molecule has 32 heteroatoms. The van der Waals surface area contributed by atoms with Crippen LogP contribution in [-0.2, 0) is 86.3 Å². The smallest absolute Gasteiger partial charge is 0.303 e. The first-order valence-electron chi connectivity index (χ1n) is 22.8. The first kappa shape index (κ1) is 60.5. The van der Waals surface area contributed by atoms with Crippen LogP contribution < -0.4 is 19.2 Å². The molecule has 2 aliphatic heterocycles. The zero-order chi connectivity index (χ0) is 57.0. The van der Waals surface area contributed by atoms with Gasteiger partial charge in [-0.1, -0.05) is 58.4 Å². The third kappa shape index (κ3) is 13.6. The lowest BCUT2D eigenvalue weighted by Crippen LogP contribution is -2.41. The molecule has 4 aromatic carbocycles. The van der Waals surface area contributed by atoms with Crippen LogP contribution in [0.1, 0.15) is 70.9 Å². The summed E-state index contributed by atoms with van der Waals surface area (Å²) >= 11 is 0. The molecule has 0 aliphatic carbocycles. The minimum atomic E-state index is -5.14. The van der Waals surface area contributed by atoms with Crippen molar-refractivity contribution in [1.29, 1.82) is 0 Å². The third-order valence-electron chi connectivity index (χ3n) is 13.1. The Labute approximate surface area is 440 Å². The van der Waals surface area contributed by atoms with Gasteiger partial charge in [0.05, 0.1) is 42.9 Å². The van der Waals surface area contributed by atoms with E-state index in [2.05, 4.69) is 0 Å². The number of carbonyl (C=O) groups is 1. The number of fused-ring (bicyclic) bond motifs is 6. The van der Waals surface area contributed by atoms with Crippen LogP contribution in [-0.4, -0.2) is 142 Å². The molecule has 0 spiro atoms. The minimum Gasteiger partial charge on any atom is -0.481 e. The maximum absolute atomic E-state index is 13.8. The molecule has 2 heterocycles. The molecule has 1 atom stereocenters. The summed E-state index contributed by atoms with van der Waals surface area (Å²) in [6.07, 6.45) is 5.90. The number of carboxylic acids is 1. The molecular formula is C44H56N4O21S7. The number of hydrogen-bond acceptors (Lipinski definition) is 17. The molecule has 6 rings (SSSR count). The van der Waals surface area contributed by atoms with Crippen LogP contribution in [0.15, 0.2) is 92.0 Å². The maximum Gasteiger partial charge on any atom is 0.303 e. The molecule has 0 fully saturated rings. The van der Waals surface area contributed by atoms with Crippen LogP contribution in [0.5, 0.6) is 0 Å². The molecule has 0 saturated carbocycles. The second-order valence-electron chi connectivity index (χ2n) is 19.2. The van der Waals surface area contributed by atoms with Crippen LogP contribution in [0.25, 0.3) is 21.5 Å². The fourth-order valence-corrected chi connectivity index (χ4v) is 15.1. The zero-order valence-electron chi connectivity index (χ0n) is 41.0. The Morgan fingerprint density at radius 3 is 1.51 bits per heavy atom. The van der Waals surface area contributed by atoms with E-state index in [1.165, 1.54) is 18.2 Å². The van der Waals surface area contributed by atoms with Crippen molar-refractivity contribution < 1.29 is 91.6 Å². The van der Waals surface area contributed by atoms with Crippen LogP contribution in [0.4, 0.5) is 11.4 Å². The Kier molecular flexibility index (Phi) is 17.1. The topological polar surface area (TPSA) is 408 Å². The fraction of sp³-hybridized carbons (Fsp3) is 0.432. The largest absolute Gasteiger partial charge is 0.481 e. The van der Waals surface area contributed by atoms with E-state index in [0.717, 1.165) is 12.1 Å². The lowest BCUT2D eigenvalue weighted by atomic mass is 9.78. The standard InChI is InChI=1S/C44H56N4O21S7/c1-43(2)38(47(19-7-5-6-12-40(49)50)34-15-13-30-32(41(34)43)24-28(75(64,65)66)26-36(30)73(60,61)45-17-22-71(54,55)56)10-8-11-39-44(3,4)42-33-25-29(76(67,68)69)27-37(74(62,63)46-18-23-72(57,58)59)31(33)14-16-35(42)48(39)20-9-21-70(51,52)53/h8,10-11,13-16,24-27,39,45-46H,5-7,9,12,17-23H2,1-4H3,(H,49,50)(H,51,52,53)(H,54,55,56)(H,57,58,59)(H,64,65,66)(H,67,68,69)/b11-8+,38-10+. The number of allylic oxidation sites excluding steroid dienone is 3. The summed E-state index contributed by atoms with van der Waals surface area (Å²) < 4.78 is 228. The Bertz CT molecular complexity index is 3900. The number of aliphatic carboxylic acids is 1. The fourth-order valence-electron chi connectivity index (χ4n) is 9.85. The second-order valence-corrected chi connectivity index (χ2v) is 30.2. The highest BCUT2D eigenvalue weighted by molar-refractivity contribution is 7.90. The molecule has 0 aromatic heterocycles. The number of unbranched alkanes of at least 4 members (excludes halogenated alkanes) is 2. The van der Waals surface area contributed by atoms with Crippen molar-refractivity contribution in [1.82, 2.24) is 9.44 Å². The first-order valence-corrected chi connectivity index (χ1v) is 33.5. The summed E-state index contributed by atoms with van der Waals surface area (Å²) in [5, 5.41) is 9.19. The van der Waals surface area contributed by atoms with Gasteiger partial charge in [0.1, 0.15) is 0 Å². The van der Waals surface area contributed by atoms with Crippen LogP contribution in [0.3, 0.4) is 0 Å². The highest BCUT2D eigenvalue weighted by atomic mass is 32.2. The minimum absolute atomic E-state index is 0.00517. The summed E-state index contributed by atoms with van der Waals surface area (Å²) in [4.78, 5) is 11.9. The van der Waals surface area contributed by atoms with Crippen molar-refractivity contribution in [2.24, 2.45) is 0 Å². The molecule has 2 aliphatic rings. The second kappa shape index (κ2) is 21.5. The van der Waals surface area contributed by atoms with Crippen LogP contribution in [0.2, 0.25) is 0 Å². The van der Waals surface area contributed by atoms with Gasteiger partial charge in [0, 0.05) is 71.3 Å². The highest BCUT2D eigenvalue weighted by Crippen LogP contribution is 2.53. The van der Waals surface area contributed by atoms with E-state index in [1.807, 2.05) is 14.3 Å². The van der Waals surface area contributed by atoms with Crippen LogP contribution >= 0.6 is 0 Å². The number of carboxylic acid groups (broad SMARTS) is 1. The molecular weight excluding hydrogens is 1140 g/mol. The highest BCUT2D eigenvalue weighted by Gasteiger charge is 2.46. The van der Waals surface area contributed by atoms with E-state index in [0.29, 0.717) is 59.6 Å². The molecule has 1 unspecified atom stereocenters. The van der Waals surface area contributed by atoms with Gasteiger partial charge < -0.3 is 14.9 Å². The number of rotatable bonds is 24. The van der Waals surface area contributed by atoms with Crippen molar-refractivity contribution in [3.8, 4) is 0 Å². The summed E-state index contributed by atoms with van der Waals surface area (Å²) in [7, 11) is -33.6. The SMILES string of the molecule is CC1(C)/C(=C\C=C\C2N(CCCS(=O)(=O)O)c3ccc4c(S(=O)(=O)NCCS(=O)(=O)O)cc(S(=O)(=O)O)cc4c3C2(C)C)N(CCCCCC(=O)O)c2ccc3c(S(=O)(=O)NCCS(=O)(=O)O)cc(S(=O)(=O)O)cc3c21. The van der Waals surface area contributed by atoms with Gasteiger partial charge in [-0.25, -0.2) is 26.3 Å². The quantitative estimate of drug-likeness (QED) is 0.0368. The molecule has 420 valence electrons. The van der Waals surface area contributed by atoms with E-state index in [-0.39, 0.29) is 47.5 Å². The molecule has 8 N–H and O–H groups in total. The summed E-state index contributed by atoms with van der Waals surface area (Å²) in [6, 6.07) is 8.47. The van der Waals surface area contributed by atoms with Gasteiger partial charge in [0.15, 0.2) is 0 Å². The van der Waals surface area contributed by atoms with Crippen molar-refractivity contribution in [3.63, 3.8) is 0 Å². The monoisotopic (exact) mass is 1200 g/mol. The number of sulfonamides is 2. The van der Waals surface area contributed by atoms with Gasteiger partial charge in [-0.3, -0.25) is 27.6 Å². The molecule has 25 nitrogen and oxygen atoms in total. The van der Waals surface area contributed by atoms with E-state index in [9.17, 15) is 91.6 Å². The van der Waals surface area contributed by atoms with E-state index >= 15 is 0 Å². The Morgan fingerprint density at radius 2 is 1.05 bits per heavy atom. The van der Waals surface area contributed by atoms with E-state index in [4.69, 9.17) is 0 Å². The number of nitrogens with one attached hydrogen (secondary N) is 2. The number of benzene rings is 4. The lowest BCUT2D eigenvalue weighted by Gasteiger charge is -2.32. The van der Waals surface area contributed by atoms with Gasteiger partial charge >= 0.3 is 5.97 Å². The number of hydrogen-bond donors (Lipinski definition) is 8. The Morgan fingerprint density at radius 1 is 0.579 bits per heavy atom. The van der Waals surface area contributed by atoms with Crippen molar-refractivity contribution >= 4 is 110 Å². The van der Waals surface area contributed by atoms with E-state index in [1.54, 1.807) is 56.9 Å². The average molecular weight is 1200 g/mol. The summed E-state index contributed by atoms with van der Waals surface area (Å²) in [6.45, 7) is 5.43. The van der Waals surface area contributed by atoms with Gasteiger partial charge in [-0.05, 0) is 83.6 Å². The third-order valence-corrected chi connectivity index (χ3v) is 20.0. The number of anilines is 2. The van der Waals surface area contributed by atoms with Crippen molar-refractivity contribution in [2.75, 3.05) is 53.2 Å². The van der Waals surface area contributed by atoms with Gasteiger partial charge in [0.2, 0.25) is 20.0 Å². The maximum atomic E-state index is 13.8. The van der Waals surface area contributed by atoms with Gasteiger partial charge in [-0.2, -0.15) is 42.1 Å². The Balaban J connectivity index is 1.55. The van der Waals surface area contributed by atoms with Crippen LogP contribution in [0, 0.1) is 0 Å². The summed E-state index contributed by atoms with van der Waals surface area (Å²) in [5.74, 6) is -3.77. The molecule has 0 bridgehead atoms. The molecule has 0 amide bonds. The van der Waals surface area contributed by atoms with Crippen molar-refractivity contribution in [2.45, 2.75) is 96.3 Å². The molecule has 76 heavy (non-hydrogen) atoms. The van der Waals surface area contributed by atoms with Gasteiger partial charge in [0.25, 0.3) is 50.6 Å². The zero-order valence-corrected chi connectivity index (χ0v) is 46.7. The lowest BCUT2D eigenvalue weighted by molar-refractivity contribution is -0.137. The Hall–Kier alpha value is -4.68. The normalized spacial score (nSPS) is 17.8. The molecule has 4 aromatic rings. The predicted molar refractivity (Wildman–Crippen MR) is 280 cm³/mol. The molecule has 0 saturated heterocycles. The molecule has 0 radical (unpaired) electrons. The first-order chi connectivity index (χ1) is 34.7.